The molecule has 6 nitrogen and oxygen atoms in total. The Labute approximate surface area is 193 Å². The lowest BCUT2D eigenvalue weighted by molar-refractivity contribution is -0.149. The number of aryl methyl sites for hydroxylation is 2. The Balaban J connectivity index is 1.82. The standard InChI is InChI=1S/C25H30N2O4S/c1-6-7-8-19-9-11-21(12-10-19)27-17(4)13-20(18(27)5)14-22-24(29)26(25(30)32-22)15-23(28)31-16(2)3/h9-14,16H,6-8,15H2,1-5H3/b22-14+. The first-order chi connectivity index (χ1) is 15.2. The first-order valence-corrected chi connectivity index (χ1v) is 11.8. The van der Waals surface area contributed by atoms with Gasteiger partial charge in [0.1, 0.15) is 6.54 Å². The van der Waals surface area contributed by atoms with Gasteiger partial charge in [0.25, 0.3) is 11.1 Å². The molecule has 0 saturated carbocycles. The number of unbranched alkanes of at least 4 members (excludes halogenated alkanes) is 1. The van der Waals surface area contributed by atoms with Crippen LogP contribution in [0, 0.1) is 13.8 Å². The lowest BCUT2D eigenvalue weighted by Gasteiger charge is -2.13. The summed E-state index contributed by atoms with van der Waals surface area (Å²) in [6.07, 6.45) is 4.85. The maximum Gasteiger partial charge on any atom is 0.326 e. The van der Waals surface area contributed by atoms with Crippen molar-refractivity contribution in [3.63, 3.8) is 0 Å². The Morgan fingerprint density at radius 2 is 1.84 bits per heavy atom. The van der Waals surface area contributed by atoms with Crippen molar-refractivity contribution in [2.75, 3.05) is 6.54 Å². The van der Waals surface area contributed by atoms with Gasteiger partial charge >= 0.3 is 5.97 Å². The van der Waals surface area contributed by atoms with Crippen LogP contribution in [0.5, 0.6) is 0 Å². The van der Waals surface area contributed by atoms with Crippen molar-refractivity contribution in [2.24, 2.45) is 0 Å². The van der Waals surface area contributed by atoms with Gasteiger partial charge in [0.05, 0.1) is 11.0 Å². The summed E-state index contributed by atoms with van der Waals surface area (Å²) in [5, 5.41) is -0.460. The molecule has 1 aliphatic heterocycles. The maximum absolute atomic E-state index is 12.7. The molecule has 0 bridgehead atoms. The molecule has 1 saturated heterocycles. The van der Waals surface area contributed by atoms with Gasteiger partial charge in [0.15, 0.2) is 0 Å². The molecule has 2 heterocycles. The van der Waals surface area contributed by atoms with E-state index in [-0.39, 0.29) is 12.6 Å². The van der Waals surface area contributed by atoms with Crippen molar-refractivity contribution >= 4 is 35.0 Å². The summed E-state index contributed by atoms with van der Waals surface area (Å²) in [6.45, 7) is 9.27. The van der Waals surface area contributed by atoms with Gasteiger partial charge in [-0.15, -0.1) is 0 Å². The van der Waals surface area contributed by atoms with Crippen LogP contribution in [-0.2, 0) is 20.7 Å². The van der Waals surface area contributed by atoms with Gasteiger partial charge in [-0.1, -0.05) is 25.5 Å². The van der Waals surface area contributed by atoms with Gasteiger partial charge in [-0.05, 0) is 87.7 Å². The van der Waals surface area contributed by atoms with Crippen LogP contribution >= 0.6 is 11.8 Å². The van der Waals surface area contributed by atoms with E-state index in [1.165, 1.54) is 18.4 Å². The molecule has 2 aromatic rings. The van der Waals surface area contributed by atoms with Crippen LogP contribution in [0.2, 0.25) is 0 Å². The zero-order valence-corrected chi connectivity index (χ0v) is 20.1. The van der Waals surface area contributed by atoms with E-state index in [4.69, 9.17) is 4.74 Å². The van der Waals surface area contributed by atoms with Crippen LogP contribution in [0.4, 0.5) is 4.79 Å². The molecule has 1 fully saturated rings. The molecule has 0 unspecified atom stereocenters. The summed E-state index contributed by atoms with van der Waals surface area (Å²) in [6, 6.07) is 10.5. The molecule has 7 heteroatoms. The van der Waals surface area contributed by atoms with E-state index in [2.05, 4.69) is 35.8 Å². The van der Waals surface area contributed by atoms with Gasteiger partial charge in [-0.25, -0.2) is 0 Å². The van der Waals surface area contributed by atoms with Crippen molar-refractivity contribution in [1.29, 1.82) is 0 Å². The van der Waals surface area contributed by atoms with Gasteiger partial charge in [0.2, 0.25) is 0 Å². The van der Waals surface area contributed by atoms with E-state index in [0.29, 0.717) is 4.91 Å². The molecule has 3 rings (SSSR count). The zero-order chi connectivity index (χ0) is 23.4. The predicted octanol–water partition coefficient (Wildman–Crippen LogP) is 5.42. The van der Waals surface area contributed by atoms with Crippen LogP contribution < -0.4 is 0 Å². The summed E-state index contributed by atoms with van der Waals surface area (Å²) in [7, 11) is 0. The van der Waals surface area contributed by atoms with E-state index in [1.807, 2.05) is 19.9 Å². The highest BCUT2D eigenvalue weighted by atomic mass is 32.2. The highest BCUT2D eigenvalue weighted by Gasteiger charge is 2.37. The van der Waals surface area contributed by atoms with Crippen molar-refractivity contribution in [3.8, 4) is 5.69 Å². The second-order valence-corrected chi connectivity index (χ2v) is 9.23. The van der Waals surface area contributed by atoms with Gasteiger partial charge < -0.3 is 9.30 Å². The summed E-state index contributed by atoms with van der Waals surface area (Å²) in [4.78, 5) is 38.2. The highest BCUT2D eigenvalue weighted by Crippen LogP contribution is 2.33. The number of amides is 2. The number of ether oxygens (including phenoxy) is 1. The number of hydrogen-bond donors (Lipinski definition) is 0. The Morgan fingerprint density at radius 1 is 1.16 bits per heavy atom. The largest absolute Gasteiger partial charge is 0.462 e. The second kappa shape index (κ2) is 10.2. The summed E-state index contributed by atoms with van der Waals surface area (Å²) < 4.78 is 7.20. The molecule has 1 aromatic carbocycles. The summed E-state index contributed by atoms with van der Waals surface area (Å²) in [5.74, 6) is -1.06. The monoisotopic (exact) mass is 454 g/mol. The Kier molecular flexibility index (Phi) is 7.61. The third kappa shape index (κ3) is 5.33. The van der Waals surface area contributed by atoms with Gasteiger partial charge in [-0.3, -0.25) is 19.3 Å². The quantitative estimate of drug-likeness (QED) is 0.393. The lowest BCUT2D eigenvalue weighted by Crippen LogP contribution is -2.35. The number of rotatable bonds is 8. The summed E-state index contributed by atoms with van der Waals surface area (Å²) in [5.41, 5.74) is 5.27. The first kappa shape index (κ1) is 23.9. The van der Waals surface area contributed by atoms with Crippen LogP contribution in [-0.4, -0.2) is 39.2 Å². The van der Waals surface area contributed by atoms with E-state index in [9.17, 15) is 14.4 Å². The topological polar surface area (TPSA) is 68.6 Å². The van der Waals surface area contributed by atoms with Gasteiger partial charge in [0, 0.05) is 17.1 Å². The average Bonchev–Trinajstić information content (AvgIpc) is 3.16. The van der Waals surface area contributed by atoms with E-state index in [1.54, 1.807) is 19.9 Å². The number of esters is 1. The van der Waals surface area contributed by atoms with Crippen molar-refractivity contribution in [3.05, 3.63) is 57.8 Å². The van der Waals surface area contributed by atoms with Crippen LogP contribution in [0.15, 0.2) is 35.2 Å². The Bertz CT molecular complexity index is 1050. The molecule has 0 atom stereocenters. The fraction of sp³-hybridized carbons (Fsp3) is 0.400. The molecule has 2 amide bonds. The molecular weight excluding hydrogens is 424 g/mol. The Morgan fingerprint density at radius 3 is 2.47 bits per heavy atom. The van der Waals surface area contributed by atoms with E-state index >= 15 is 0 Å². The van der Waals surface area contributed by atoms with Crippen LogP contribution in [0.25, 0.3) is 11.8 Å². The van der Waals surface area contributed by atoms with Crippen molar-refractivity contribution < 1.29 is 19.1 Å². The number of nitrogens with zero attached hydrogens (tertiary/aromatic N) is 2. The normalized spacial score (nSPS) is 15.3. The van der Waals surface area contributed by atoms with E-state index < -0.39 is 17.1 Å². The number of thioether (sulfide) groups is 1. The fourth-order valence-electron chi connectivity index (χ4n) is 3.73. The molecule has 0 spiro atoms. The zero-order valence-electron chi connectivity index (χ0n) is 19.3. The minimum atomic E-state index is -0.593. The smallest absolute Gasteiger partial charge is 0.326 e. The third-order valence-electron chi connectivity index (χ3n) is 5.30. The molecule has 1 aliphatic rings. The first-order valence-electron chi connectivity index (χ1n) is 10.9. The molecular formula is C25H30N2O4S. The number of carbonyl (C=O) groups is 3. The Hall–Kier alpha value is -2.80. The number of aromatic nitrogens is 1. The highest BCUT2D eigenvalue weighted by molar-refractivity contribution is 8.18. The average molecular weight is 455 g/mol. The third-order valence-corrected chi connectivity index (χ3v) is 6.21. The molecule has 0 aliphatic carbocycles. The van der Waals surface area contributed by atoms with Crippen LogP contribution in [0.1, 0.15) is 56.1 Å². The molecule has 170 valence electrons. The maximum atomic E-state index is 12.7. The lowest BCUT2D eigenvalue weighted by atomic mass is 10.1. The second-order valence-electron chi connectivity index (χ2n) is 8.24. The molecule has 0 N–H and O–H groups in total. The molecule has 0 radical (unpaired) electrons. The minimum Gasteiger partial charge on any atom is -0.462 e. The number of carbonyl (C=O) groups excluding carboxylic acids is 3. The molecule has 32 heavy (non-hydrogen) atoms. The van der Waals surface area contributed by atoms with Crippen molar-refractivity contribution in [2.45, 2.75) is 60.0 Å². The fourth-order valence-corrected chi connectivity index (χ4v) is 4.56. The minimum absolute atomic E-state index is 0.302. The number of benzene rings is 1. The SMILES string of the molecule is CCCCc1ccc(-n2c(C)cc(/C=C3/SC(=O)N(CC(=O)OC(C)C)C3=O)c2C)cc1. The number of imide groups is 1. The predicted molar refractivity (Wildman–Crippen MR) is 128 cm³/mol. The number of hydrogen-bond acceptors (Lipinski definition) is 5. The van der Waals surface area contributed by atoms with Crippen LogP contribution in [0.3, 0.4) is 0 Å². The van der Waals surface area contributed by atoms with E-state index in [0.717, 1.165) is 45.7 Å². The van der Waals surface area contributed by atoms with Crippen molar-refractivity contribution in [1.82, 2.24) is 9.47 Å². The summed E-state index contributed by atoms with van der Waals surface area (Å²) >= 11 is 0.848. The van der Waals surface area contributed by atoms with Gasteiger partial charge in [-0.2, -0.15) is 0 Å². The molecule has 1 aromatic heterocycles.